The Labute approximate surface area is 169 Å². The first-order valence-electron chi connectivity index (χ1n) is 10.1. The quantitative estimate of drug-likeness (QED) is 0.303. The van der Waals surface area contributed by atoms with Gasteiger partial charge < -0.3 is 20.1 Å². The molecule has 0 bridgehead atoms. The van der Waals surface area contributed by atoms with Gasteiger partial charge >= 0.3 is 0 Å². The molecule has 1 rings (SSSR count). The second-order valence-corrected chi connectivity index (χ2v) is 8.33. The van der Waals surface area contributed by atoms with Crippen LogP contribution in [0.15, 0.2) is 10.4 Å². The second kappa shape index (κ2) is 13.9. The van der Waals surface area contributed by atoms with Gasteiger partial charge in [-0.05, 0) is 13.3 Å². The molecule has 27 heavy (non-hydrogen) atoms. The molecule has 0 saturated heterocycles. The van der Waals surface area contributed by atoms with Crippen molar-refractivity contribution < 1.29 is 9.47 Å². The Balaban J connectivity index is 2.22. The van der Waals surface area contributed by atoms with E-state index in [1.807, 2.05) is 0 Å². The number of guanidine groups is 1. The Morgan fingerprint density at radius 1 is 1.11 bits per heavy atom. The number of hydrogen-bond donors (Lipinski definition) is 2. The van der Waals surface area contributed by atoms with Crippen molar-refractivity contribution in [2.45, 2.75) is 59.3 Å². The van der Waals surface area contributed by atoms with Gasteiger partial charge in [0.05, 0.1) is 37.1 Å². The standard InChI is InChI=1S/C20H38N4O2S/c1-6-8-12-25-14-15-26-13-11-23-19(21-7-2)22-10-9-18-24-17(16-27-18)20(3,4)5/h16H,6-15H2,1-5H3,(H2,21,22,23). The van der Waals surface area contributed by atoms with Crippen LogP contribution < -0.4 is 10.6 Å². The first kappa shape index (κ1) is 23.9. The largest absolute Gasteiger partial charge is 0.379 e. The highest BCUT2D eigenvalue weighted by atomic mass is 32.1. The fraction of sp³-hybridized carbons (Fsp3) is 0.800. The zero-order valence-electron chi connectivity index (χ0n) is 17.8. The minimum Gasteiger partial charge on any atom is -0.379 e. The van der Waals surface area contributed by atoms with Crippen molar-refractivity contribution in [3.8, 4) is 0 Å². The molecule has 0 aliphatic heterocycles. The molecular weight excluding hydrogens is 360 g/mol. The topological polar surface area (TPSA) is 67.8 Å². The predicted octanol–water partition coefficient (Wildman–Crippen LogP) is 3.37. The molecule has 6 nitrogen and oxygen atoms in total. The highest BCUT2D eigenvalue weighted by Gasteiger charge is 2.17. The molecule has 0 saturated carbocycles. The number of nitrogens with zero attached hydrogens (tertiary/aromatic N) is 2. The molecule has 0 fully saturated rings. The van der Waals surface area contributed by atoms with E-state index in [1.165, 1.54) is 5.69 Å². The summed E-state index contributed by atoms with van der Waals surface area (Å²) in [4.78, 5) is 9.28. The summed E-state index contributed by atoms with van der Waals surface area (Å²) in [7, 11) is 0. The molecule has 0 amide bonds. The van der Waals surface area contributed by atoms with E-state index in [-0.39, 0.29) is 5.41 Å². The van der Waals surface area contributed by atoms with Crippen molar-refractivity contribution in [3.63, 3.8) is 0 Å². The van der Waals surface area contributed by atoms with E-state index in [4.69, 9.17) is 14.5 Å². The summed E-state index contributed by atoms with van der Waals surface area (Å²) in [5.41, 5.74) is 1.28. The van der Waals surface area contributed by atoms with Crippen molar-refractivity contribution in [3.05, 3.63) is 16.1 Å². The highest BCUT2D eigenvalue weighted by Crippen LogP contribution is 2.23. The van der Waals surface area contributed by atoms with Gasteiger partial charge in [-0.1, -0.05) is 34.1 Å². The molecule has 7 heteroatoms. The average Bonchev–Trinajstić information content (AvgIpc) is 3.09. The van der Waals surface area contributed by atoms with Crippen molar-refractivity contribution in [1.82, 2.24) is 15.6 Å². The van der Waals surface area contributed by atoms with Crippen LogP contribution in [0.5, 0.6) is 0 Å². The SMILES string of the molecule is CCCCOCCOCCN=C(NCC)NCCc1nc(C(C)(C)C)cs1. The predicted molar refractivity (Wildman–Crippen MR) is 115 cm³/mol. The highest BCUT2D eigenvalue weighted by molar-refractivity contribution is 7.09. The van der Waals surface area contributed by atoms with Gasteiger partial charge in [0.15, 0.2) is 5.96 Å². The number of ether oxygens (including phenoxy) is 2. The van der Waals surface area contributed by atoms with Crippen LogP contribution in [0.2, 0.25) is 0 Å². The van der Waals surface area contributed by atoms with E-state index in [0.717, 1.165) is 49.9 Å². The molecule has 0 aliphatic rings. The van der Waals surface area contributed by atoms with Crippen molar-refractivity contribution >= 4 is 17.3 Å². The summed E-state index contributed by atoms with van der Waals surface area (Å²) < 4.78 is 11.0. The lowest BCUT2D eigenvalue weighted by atomic mass is 9.93. The number of hydrogen-bond acceptors (Lipinski definition) is 5. The first-order valence-corrected chi connectivity index (χ1v) is 11.0. The molecular formula is C20H38N4O2S. The van der Waals surface area contributed by atoms with Crippen LogP contribution in [0, 0.1) is 0 Å². The minimum absolute atomic E-state index is 0.111. The maximum Gasteiger partial charge on any atom is 0.191 e. The third kappa shape index (κ3) is 11.3. The average molecular weight is 399 g/mol. The number of aromatic nitrogens is 1. The van der Waals surface area contributed by atoms with Gasteiger partial charge in [-0.15, -0.1) is 11.3 Å². The maximum atomic E-state index is 5.55. The molecule has 1 aromatic heterocycles. The Morgan fingerprint density at radius 2 is 1.85 bits per heavy atom. The monoisotopic (exact) mass is 398 g/mol. The molecule has 0 aliphatic carbocycles. The van der Waals surface area contributed by atoms with Crippen LogP contribution in [0.3, 0.4) is 0 Å². The number of nitrogens with one attached hydrogen (secondary N) is 2. The molecule has 1 aromatic rings. The lowest BCUT2D eigenvalue weighted by molar-refractivity contribution is 0.0497. The van der Waals surface area contributed by atoms with Crippen LogP contribution in [0.25, 0.3) is 0 Å². The third-order valence-corrected chi connectivity index (χ3v) is 4.72. The van der Waals surface area contributed by atoms with Crippen molar-refractivity contribution in [2.24, 2.45) is 4.99 Å². The lowest BCUT2D eigenvalue weighted by Crippen LogP contribution is -2.38. The summed E-state index contributed by atoms with van der Waals surface area (Å²) in [5.74, 6) is 0.827. The number of aliphatic imine (C=N–C) groups is 1. The molecule has 0 radical (unpaired) electrons. The summed E-state index contributed by atoms with van der Waals surface area (Å²) in [6.07, 6.45) is 3.17. The van der Waals surface area contributed by atoms with Crippen LogP contribution in [0.1, 0.15) is 58.2 Å². The van der Waals surface area contributed by atoms with Gasteiger partial charge in [0, 0.05) is 36.9 Å². The molecule has 0 spiro atoms. The van der Waals surface area contributed by atoms with E-state index < -0.39 is 0 Å². The van der Waals surface area contributed by atoms with Gasteiger partial charge in [-0.3, -0.25) is 4.99 Å². The van der Waals surface area contributed by atoms with Gasteiger partial charge in [0.25, 0.3) is 0 Å². The maximum absolute atomic E-state index is 5.55. The fourth-order valence-electron chi connectivity index (χ4n) is 2.19. The number of unbranched alkanes of at least 4 members (excludes halogenated alkanes) is 1. The Kier molecular flexibility index (Phi) is 12.3. The Morgan fingerprint density at radius 3 is 2.48 bits per heavy atom. The zero-order valence-corrected chi connectivity index (χ0v) is 18.6. The molecule has 0 aromatic carbocycles. The van der Waals surface area contributed by atoms with Crippen LogP contribution in [0.4, 0.5) is 0 Å². The van der Waals surface area contributed by atoms with E-state index in [2.05, 4.69) is 55.6 Å². The van der Waals surface area contributed by atoms with Crippen LogP contribution in [-0.4, -0.2) is 57.0 Å². The molecule has 0 unspecified atom stereocenters. The van der Waals surface area contributed by atoms with Gasteiger partial charge in [-0.25, -0.2) is 4.98 Å². The van der Waals surface area contributed by atoms with Crippen molar-refractivity contribution in [2.75, 3.05) is 46.1 Å². The van der Waals surface area contributed by atoms with E-state index in [9.17, 15) is 0 Å². The lowest BCUT2D eigenvalue weighted by Gasteiger charge is -2.14. The van der Waals surface area contributed by atoms with E-state index in [1.54, 1.807) is 11.3 Å². The second-order valence-electron chi connectivity index (χ2n) is 7.39. The van der Waals surface area contributed by atoms with E-state index >= 15 is 0 Å². The zero-order chi connectivity index (χ0) is 20.0. The Hall–Kier alpha value is -1.18. The summed E-state index contributed by atoms with van der Waals surface area (Å²) in [5, 5.41) is 9.96. The fourth-order valence-corrected chi connectivity index (χ4v) is 3.22. The van der Waals surface area contributed by atoms with Gasteiger partial charge in [0.1, 0.15) is 0 Å². The molecule has 2 N–H and O–H groups in total. The van der Waals surface area contributed by atoms with Gasteiger partial charge in [-0.2, -0.15) is 0 Å². The third-order valence-electron chi connectivity index (χ3n) is 3.82. The number of rotatable bonds is 13. The van der Waals surface area contributed by atoms with Crippen LogP contribution >= 0.6 is 11.3 Å². The van der Waals surface area contributed by atoms with Crippen molar-refractivity contribution in [1.29, 1.82) is 0 Å². The number of thiazole rings is 1. The molecule has 156 valence electrons. The summed E-state index contributed by atoms with van der Waals surface area (Å²) in [6.45, 7) is 15.8. The van der Waals surface area contributed by atoms with Gasteiger partial charge in [0.2, 0.25) is 0 Å². The van der Waals surface area contributed by atoms with E-state index in [0.29, 0.717) is 26.4 Å². The minimum atomic E-state index is 0.111. The summed E-state index contributed by atoms with van der Waals surface area (Å²) >= 11 is 1.73. The smallest absolute Gasteiger partial charge is 0.191 e. The molecule has 0 atom stereocenters. The Bertz CT molecular complexity index is 526. The normalized spacial score (nSPS) is 12.4. The molecule has 1 heterocycles. The van der Waals surface area contributed by atoms with Crippen LogP contribution in [-0.2, 0) is 21.3 Å². The summed E-state index contributed by atoms with van der Waals surface area (Å²) in [6, 6.07) is 0. The first-order chi connectivity index (χ1) is 13.0.